The van der Waals surface area contributed by atoms with Crippen molar-refractivity contribution >= 4 is 25.2 Å². The molecule has 0 aliphatic rings. The predicted octanol–water partition coefficient (Wildman–Crippen LogP) is 2.00. The van der Waals surface area contributed by atoms with E-state index in [1.54, 1.807) is 13.8 Å². The Morgan fingerprint density at radius 1 is 1.31 bits per heavy atom. The van der Waals surface area contributed by atoms with Gasteiger partial charge in [0.25, 0.3) is 0 Å². The van der Waals surface area contributed by atoms with Gasteiger partial charge in [0, 0.05) is 0 Å². The molecule has 0 heterocycles. The molecule has 0 aromatic heterocycles. The van der Waals surface area contributed by atoms with Gasteiger partial charge in [-0.3, -0.25) is 0 Å². The normalized spacial score (nSPS) is 11.6. The van der Waals surface area contributed by atoms with Crippen LogP contribution >= 0.6 is 0 Å². The Morgan fingerprint density at radius 3 is 2.44 bits per heavy atom. The third-order valence-corrected chi connectivity index (χ3v) is 4.56. The Labute approximate surface area is 102 Å². The second-order valence-corrected chi connectivity index (χ2v) is 5.41. The van der Waals surface area contributed by atoms with Crippen molar-refractivity contribution < 1.29 is 9.53 Å². The van der Waals surface area contributed by atoms with E-state index in [4.69, 9.17) is 4.74 Å². The van der Waals surface area contributed by atoms with E-state index in [1.807, 2.05) is 30.3 Å². The summed E-state index contributed by atoms with van der Waals surface area (Å²) in [6, 6.07) is 9.94. The van der Waals surface area contributed by atoms with Crippen molar-refractivity contribution in [1.82, 2.24) is 0 Å². The standard InChI is InChI=1S/C13H14O2Se/c1-4-15-11(3)13(10(2)14)16-12-8-6-5-7-9-12/h4-9H,1H2,2-3H3/b13-11-. The molecule has 0 amide bonds. The van der Waals surface area contributed by atoms with Crippen LogP contribution < -0.4 is 4.46 Å². The minimum absolute atomic E-state index is 0.0137. The first-order chi connectivity index (χ1) is 7.65. The maximum atomic E-state index is 11.5. The van der Waals surface area contributed by atoms with Crippen molar-refractivity contribution in [3.8, 4) is 0 Å². The molecule has 0 bridgehead atoms. The molecule has 0 radical (unpaired) electrons. The number of carbonyl (C=O) groups is 1. The fraction of sp³-hybridized carbons (Fsp3) is 0.154. The van der Waals surface area contributed by atoms with Crippen LogP contribution in [0.3, 0.4) is 0 Å². The average molecular weight is 281 g/mol. The molecule has 3 heteroatoms. The number of rotatable bonds is 5. The zero-order valence-corrected chi connectivity index (χ0v) is 11.1. The average Bonchev–Trinajstić information content (AvgIpc) is 2.27. The van der Waals surface area contributed by atoms with Crippen molar-refractivity contribution in [2.75, 3.05) is 0 Å². The van der Waals surface area contributed by atoms with Gasteiger partial charge in [-0.25, -0.2) is 0 Å². The Balaban J connectivity index is 2.93. The summed E-state index contributed by atoms with van der Waals surface area (Å²) in [6.45, 7) is 6.85. The summed E-state index contributed by atoms with van der Waals surface area (Å²) in [6.07, 6.45) is 1.35. The van der Waals surface area contributed by atoms with Gasteiger partial charge in [0.15, 0.2) is 0 Å². The van der Waals surface area contributed by atoms with Crippen LogP contribution in [0.1, 0.15) is 13.8 Å². The first kappa shape index (κ1) is 12.8. The third kappa shape index (κ3) is 3.69. The van der Waals surface area contributed by atoms with E-state index in [0.717, 1.165) is 8.93 Å². The van der Waals surface area contributed by atoms with Gasteiger partial charge in [0.2, 0.25) is 0 Å². The maximum absolute atomic E-state index is 11.5. The van der Waals surface area contributed by atoms with E-state index < -0.39 is 0 Å². The SMILES string of the molecule is C=CO/C(C)=C(\[Se]c1ccccc1)C(C)=O. The molecule has 0 saturated carbocycles. The molecule has 16 heavy (non-hydrogen) atoms. The van der Waals surface area contributed by atoms with Gasteiger partial charge in [0.1, 0.15) is 0 Å². The topological polar surface area (TPSA) is 26.3 Å². The van der Waals surface area contributed by atoms with Crippen LogP contribution in [0.4, 0.5) is 0 Å². The number of carbonyl (C=O) groups excluding carboxylic acids is 1. The fourth-order valence-electron chi connectivity index (χ4n) is 1.18. The number of hydrogen-bond acceptors (Lipinski definition) is 2. The molecule has 1 rings (SSSR count). The van der Waals surface area contributed by atoms with Gasteiger partial charge in [-0.05, 0) is 0 Å². The predicted molar refractivity (Wildman–Crippen MR) is 66.5 cm³/mol. The number of ketones is 1. The molecule has 1 aromatic rings. The summed E-state index contributed by atoms with van der Waals surface area (Å²) in [5.41, 5.74) is 0. The van der Waals surface area contributed by atoms with Crippen LogP contribution in [-0.4, -0.2) is 20.7 Å². The molecule has 0 atom stereocenters. The number of Topliss-reactive ketones (excluding diaryl/α,β-unsaturated/α-hetero) is 1. The van der Waals surface area contributed by atoms with Gasteiger partial charge in [-0.1, -0.05) is 0 Å². The fourth-order valence-corrected chi connectivity index (χ4v) is 2.99. The van der Waals surface area contributed by atoms with Crippen LogP contribution in [-0.2, 0) is 9.53 Å². The van der Waals surface area contributed by atoms with Crippen LogP contribution in [0.15, 0.2) is 53.4 Å². The van der Waals surface area contributed by atoms with Crippen LogP contribution in [0.5, 0.6) is 0 Å². The Bertz CT molecular complexity index is 407. The molecule has 0 aliphatic heterocycles. The van der Waals surface area contributed by atoms with E-state index in [2.05, 4.69) is 6.58 Å². The van der Waals surface area contributed by atoms with E-state index in [-0.39, 0.29) is 20.7 Å². The first-order valence-corrected chi connectivity index (χ1v) is 6.58. The molecule has 84 valence electrons. The zero-order valence-electron chi connectivity index (χ0n) is 9.40. The van der Waals surface area contributed by atoms with E-state index in [0.29, 0.717) is 5.76 Å². The van der Waals surface area contributed by atoms with Gasteiger partial charge in [-0.15, -0.1) is 0 Å². The molecule has 2 nitrogen and oxygen atoms in total. The monoisotopic (exact) mass is 282 g/mol. The third-order valence-electron chi connectivity index (χ3n) is 1.86. The molecule has 0 saturated heterocycles. The zero-order chi connectivity index (χ0) is 12.0. The summed E-state index contributed by atoms with van der Waals surface area (Å²) in [5, 5.41) is 0. The van der Waals surface area contributed by atoms with Gasteiger partial charge in [0.05, 0.1) is 0 Å². The Hall–Kier alpha value is -1.31. The van der Waals surface area contributed by atoms with Crippen molar-refractivity contribution in [3.63, 3.8) is 0 Å². The Kier molecular flexibility index (Phi) is 5.03. The second-order valence-electron chi connectivity index (χ2n) is 3.14. The minimum atomic E-state index is -0.0137. The van der Waals surface area contributed by atoms with Crippen LogP contribution in [0, 0.1) is 0 Å². The molecular formula is C13H14O2Se. The number of hydrogen-bond donors (Lipinski definition) is 0. The summed E-state index contributed by atoms with van der Waals surface area (Å²) in [4.78, 5) is 11.5. The second kappa shape index (κ2) is 6.31. The molecular weight excluding hydrogens is 267 g/mol. The molecule has 0 aliphatic carbocycles. The van der Waals surface area contributed by atoms with Crippen molar-refractivity contribution in [1.29, 1.82) is 0 Å². The molecule has 0 unspecified atom stereocenters. The summed E-state index contributed by atoms with van der Waals surface area (Å²) in [5.74, 6) is 0.703. The van der Waals surface area contributed by atoms with E-state index >= 15 is 0 Å². The molecule has 0 fully saturated rings. The number of benzene rings is 1. The quantitative estimate of drug-likeness (QED) is 0.469. The van der Waals surface area contributed by atoms with Gasteiger partial charge < -0.3 is 0 Å². The number of ether oxygens (including phenoxy) is 1. The van der Waals surface area contributed by atoms with Crippen LogP contribution in [0.2, 0.25) is 0 Å². The van der Waals surface area contributed by atoms with E-state index in [1.165, 1.54) is 6.26 Å². The summed E-state index contributed by atoms with van der Waals surface area (Å²) in [7, 11) is 0. The number of allylic oxidation sites excluding steroid dienone is 2. The van der Waals surface area contributed by atoms with Gasteiger partial charge >= 0.3 is 102 Å². The van der Waals surface area contributed by atoms with Crippen molar-refractivity contribution in [2.45, 2.75) is 13.8 Å². The summed E-state index contributed by atoms with van der Waals surface area (Å²) < 4.78 is 7.08. The molecule has 0 N–H and O–H groups in total. The van der Waals surface area contributed by atoms with Crippen molar-refractivity contribution in [3.05, 3.63) is 53.4 Å². The van der Waals surface area contributed by atoms with E-state index in [9.17, 15) is 4.79 Å². The van der Waals surface area contributed by atoms with Gasteiger partial charge in [-0.2, -0.15) is 0 Å². The first-order valence-electron chi connectivity index (χ1n) is 4.87. The molecule has 1 aromatic carbocycles. The van der Waals surface area contributed by atoms with Crippen LogP contribution in [0.25, 0.3) is 0 Å². The Morgan fingerprint density at radius 2 is 1.94 bits per heavy atom. The summed E-state index contributed by atoms with van der Waals surface area (Å²) >= 11 is -0.0137. The molecule has 0 spiro atoms. The van der Waals surface area contributed by atoms with Crippen molar-refractivity contribution in [2.24, 2.45) is 0 Å².